The number of aromatic nitrogens is 3. The van der Waals surface area contributed by atoms with E-state index in [0.717, 1.165) is 38.1 Å². The van der Waals surface area contributed by atoms with Crippen molar-refractivity contribution >= 4 is 40.5 Å². The second-order valence-electron chi connectivity index (χ2n) is 5.52. The summed E-state index contributed by atoms with van der Waals surface area (Å²) in [6, 6.07) is 17.6. The number of thioether (sulfide) groups is 1. The van der Waals surface area contributed by atoms with Gasteiger partial charge in [-0.15, -0.1) is 0 Å². The predicted molar refractivity (Wildman–Crippen MR) is 104 cm³/mol. The molecule has 0 aliphatic carbocycles. The number of hydrogen-bond donors (Lipinski definition) is 0. The lowest BCUT2D eigenvalue weighted by molar-refractivity contribution is 0.920. The summed E-state index contributed by atoms with van der Waals surface area (Å²) in [7, 11) is 0. The lowest BCUT2D eigenvalue weighted by atomic mass is 10.1. The molecular weight excluding hydrogens is 373 g/mol. The largest absolute Gasteiger partial charge is 0.246 e. The molecule has 3 nitrogen and oxygen atoms in total. The molecule has 2 heterocycles. The van der Waals surface area contributed by atoms with Crippen molar-refractivity contribution in [3.63, 3.8) is 0 Å². The van der Waals surface area contributed by atoms with Crippen LogP contribution in [-0.4, -0.2) is 14.6 Å². The first-order valence-corrected chi connectivity index (χ1v) is 9.41. The van der Waals surface area contributed by atoms with Crippen molar-refractivity contribution in [2.75, 3.05) is 0 Å². The summed E-state index contributed by atoms with van der Waals surface area (Å²) in [6.45, 7) is 0. The van der Waals surface area contributed by atoms with Crippen LogP contribution in [0.15, 0.2) is 72.0 Å². The Balaban J connectivity index is 1.66. The molecule has 2 aromatic heterocycles. The van der Waals surface area contributed by atoms with Gasteiger partial charge < -0.3 is 0 Å². The third kappa shape index (κ3) is 3.66. The van der Waals surface area contributed by atoms with E-state index in [4.69, 9.17) is 23.2 Å². The van der Waals surface area contributed by atoms with Crippen molar-refractivity contribution in [1.29, 1.82) is 0 Å². The van der Waals surface area contributed by atoms with Crippen LogP contribution in [0.2, 0.25) is 10.0 Å². The van der Waals surface area contributed by atoms with Gasteiger partial charge in [0.15, 0.2) is 0 Å². The minimum absolute atomic E-state index is 0.697. The van der Waals surface area contributed by atoms with Crippen LogP contribution in [0.1, 0.15) is 5.56 Å². The van der Waals surface area contributed by atoms with E-state index in [0.29, 0.717) is 5.02 Å². The monoisotopic (exact) mass is 385 g/mol. The fraction of sp³-hybridized carbons (Fsp3) is 0.0526. The van der Waals surface area contributed by atoms with Gasteiger partial charge in [-0.1, -0.05) is 59.2 Å². The molecule has 0 amide bonds. The van der Waals surface area contributed by atoms with Gasteiger partial charge in [0.25, 0.3) is 0 Å². The first-order chi connectivity index (χ1) is 12.2. The van der Waals surface area contributed by atoms with Gasteiger partial charge in [0.2, 0.25) is 0 Å². The van der Waals surface area contributed by atoms with Crippen LogP contribution in [0.25, 0.3) is 16.8 Å². The third-order valence-electron chi connectivity index (χ3n) is 3.74. The van der Waals surface area contributed by atoms with Gasteiger partial charge >= 0.3 is 0 Å². The van der Waals surface area contributed by atoms with E-state index in [9.17, 15) is 0 Å². The third-order valence-corrected chi connectivity index (χ3v) is 5.28. The first kappa shape index (κ1) is 16.5. The van der Waals surface area contributed by atoms with Crippen molar-refractivity contribution in [3.05, 3.63) is 82.6 Å². The normalized spacial score (nSPS) is 11.1. The molecule has 124 valence electrons. The number of rotatable bonds is 4. The van der Waals surface area contributed by atoms with Gasteiger partial charge in [0.05, 0.1) is 11.2 Å². The van der Waals surface area contributed by atoms with Crippen LogP contribution < -0.4 is 0 Å². The second-order valence-corrected chi connectivity index (χ2v) is 7.36. The van der Waals surface area contributed by atoms with Gasteiger partial charge in [-0.05, 0) is 35.9 Å². The van der Waals surface area contributed by atoms with Gasteiger partial charge in [-0.2, -0.15) is 5.10 Å². The molecule has 4 aromatic rings. The Labute approximate surface area is 159 Å². The highest BCUT2D eigenvalue weighted by atomic mass is 35.5. The molecule has 0 aliphatic heterocycles. The summed E-state index contributed by atoms with van der Waals surface area (Å²) in [5.41, 5.74) is 4.00. The zero-order valence-corrected chi connectivity index (χ0v) is 15.4. The first-order valence-electron chi connectivity index (χ1n) is 7.66. The highest BCUT2D eigenvalue weighted by molar-refractivity contribution is 7.98. The van der Waals surface area contributed by atoms with Gasteiger partial charge in [0, 0.05) is 33.8 Å². The molecular formula is C19H13Cl2N3S. The van der Waals surface area contributed by atoms with E-state index in [1.54, 1.807) is 18.0 Å². The van der Waals surface area contributed by atoms with Crippen LogP contribution in [-0.2, 0) is 5.75 Å². The van der Waals surface area contributed by atoms with Crippen molar-refractivity contribution in [1.82, 2.24) is 14.6 Å². The smallest absolute Gasteiger partial charge is 0.122 e. The Kier molecular flexibility index (Phi) is 4.66. The van der Waals surface area contributed by atoms with Crippen molar-refractivity contribution in [2.45, 2.75) is 10.8 Å². The van der Waals surface area contributed by atoms with Crippen molar-refractivity contribution in [2.24, 2.45) is 0 Å². The molecule has 25 heavy (non-hydrogen) atoms. The lowest BCUT2D eigenvalue weighted by Gasteiger charge is -2.03. The molecule has 0 unspecified atom stereocenters. The summed E-state index contributed by atoms with van der Waals surface area (Å²) in [5, 5.41) is 7.02. The van der Waals surface area contributed by atoms with E-state index < -0.39 is 0 Å². The number of halogens is 2. The Morgan fingerprint density at radius 3 is 2.56 bits per heavy atom. The van der Waals surface area contributed by atoms with Gasteiger partial charge in [-0.3, -0.25) is 0 Å². The Morgan fingerprint density at radius 1 is 0.960 bits per heavy atom. The number of benzene rings is 2. The summed E-state index contributed by atoms with van der Waals surface area (Å²) in [6.07, 6.45) is 3.62. The highest BCUT2D eigenvalue weighted by Gasteiger charge is 2.10. The summed E-state index contributed by atoms with van der Waals surface area (Å²) in [4.78, 5) is 4.51. The molecule has 6 heteroatoms. The van der Waals surface area contributed by atoms with E-state index in [-0.39, 0.29) is 0 Å². The summed E-state index contributed by atoms with van der Waals surface area (Å²) >= 11 is 13.8. The van der Waals surface area contributed by atoms with Crippen LogP contribution in [0, 0.1) is 0 Å². The number of nitrogens with zero attached hydrogens (tertiary/aromatic N) is 3. The topological polar surface area (TPSA) is 30.2 Å². The highest BCUT2D eigenvalue weighted by Crippen LogP contribution is 2.29. The molecule has 0 N–H and O–H groups in total. The van der Waals surface area contributed by atoms with Crippen LogP contribution in [0.4, 0.5) is 0 Å². The second kappa shape index (κ2) is 7.08. The minimum Gasteiger partial charge on any atom is -0.246 e. The standard InChI is InChI=1S/C19H13Cl2N3S/c20-15-5-1-3-13(9-15)12-25-19-18-11-17(23-24(18)8-7-22-19)14-4-2-6-16(21)10-14/h1-11H,12H2. The molecule has 0 saturated carbocycles. The Morgan fingerprint density at radius 2 is 1.76 bits per heavy atom. The molecule has 0 spiro atoms. The minimum atomic E-state index is 0.697. The van der Waals surface area contributed by atoms with Crippen molar-refractivity contribution < 1.29 is 0 Å². The quantitative estimate of drug-likeness (QED) is 0.403. The zero-order valence-electron chi connectivity index (χ0n) is 13.1. The number of fused-ring (bicyclic) bond motifs is 1. The van der Waals surface area contributed by atoms with Crippen LogP contribution in [0.3, 0.4) is 0 Å². The van der Waals surface area contributed by atoms with Gasteiger partial charge in [-0.25, -0.2) is 9.50 Å². The molecule has 2 aromatic carbocycles. The number of hydrogen-bond acceptors (Lipinski definition) is 3. The maximum atomic E-state index is 6.09. The zero-order chi connectivity index (χ0) is 17.2. The summed E-state index contributed by atoms with van der Waals surface area (Å²) in [5.74, 6) is 0.797. The molecule has 0 aliphatic rings. The molecule has 0 fully saturated rings. The average Bonchev–Trinajstić information content (AvgIpc) is 3.05. The SMILES string of the molecule is Clc1cccc(CSc2nccn3nc(-c4cccc(Cl)c4)cc23)c1. The average molecular weight is 386 g/mol. The van der Waals surface area contributed by atoms with E-state index in [2.05, 4.69) is 16.1 Å². The fourth-order valence-corrected chi connectivity index (χ4v) is 3.90. The van der Waals surface area contributed by atoms with E-state index in [1.165, 1.54) is 0 Å². The van der Waals surface area contributed by atoms with Crippen molar-refractivity contribution in [3.8, 4) is 11.3 Å². The molecule has 0 radical (unpaired) electrons. The molecule has 0 saturated heterocycles. The molecule has 0 atom stereocenters. The molecule has 0 bridgehead atoms. The van der Waals surface area contributed by atoms with Crippen LogP contribution >= 0.6 is 35.0 Å². The Bertz CT molecular complexity index is 1050. The van der Waals surface area contributed by atoms with Crippen LogP contribution in [0.5, 0.6) is 0 Å². The van der Waals surface area contributed by atoms with E-state index in [1.807, 2.05) is 59.2 Å². The predicted octanol–water partition coefficient (Wildman–Crippen LogP) is 6.00. The van der Waals surface area contributed by atoms with Gasteiger partial charge in [0.1, 0.15) is 5.03 Å². The Hall–Kier alpha value is -2.01. The summed E-state index contributed by atoms with van der Waals surface area (Å²) < 4.78 is 1.85. The lowest BCUT2D eigenvalue weighted by Crippen LogP contribution is -1.91. The molecule has 4 rings (SSSR count). The maximum absolute atomic E-state index is 6.09. The fourth-order valence-electron chi connectivity index (χ4n) is 2.58. The maximum Gasteiger partial charge on any atom is 0.122 e. The van der Waals surface area contributed by atoms with E-state index >= 15 is 0 Å².